The lowest BCUT2D eigenvalue weighted by Gasteiger charge is -2.35. The first kappa shape index (κ1) is 19.8. The smallest absolute Gasteiger partial charge is 0.0709 e. The van der Waals surface area contributed by atoms with Gasteiger partial charge in [0.15, 0.2) is 0 Å². The van der Waals surface area contributed by atoms with Gasteiger partial charge in [0.1, 0.15) is 0 Å². The average molecular weight is 430 g/mol. The number of aromatic nitrogens is 2. The fourth-order valence-corrected chi connectivity index (χ4v) is 5.09. The number of allylic oxidation sites excluding steroid dienone is 1. The van der Waals surface area contributed by atoms with Gasteiger partial charge < -0.3 is 9.88 Å². The monoisotopic (exact) mass is 429 g/mol. The van der Waals surface area contributed by atoms with Crippen molar-refractivity contribution >= 4 is 33.1 Å². The number of unbranched alkanes of at least 4 members (excludes halogenated alkanes) is 1. The molecule has 0 unspecified atom stereocenters. The summed E-state index contributed by atoms with van der Waals surface area (Å²) in [6, 6.07) is 30.2. The quantitative estimate of drug-likeness (QED) is 0.313. The third-order valence-corrected chi connectivity index (χ3v) is 6.74. The number of hydrogen-bond acceptors (Lipinski definition) is 2. The van der Waals surface area contributed by atoms with E-state index in [-0.39, 0.29) is 5.92 Å². The van der Waals surface area contributed by atoms with Gasteiger partial charge in [-0.25, -0.2) is 4.98 Å². The van der Waals surface area contributed by atoms with Gasteiger partial charge in [-0.1, -0.05) is 74.0 Å². The summed E-state index contributed by atoms with van der Waals surface area (Å²) in [5, 5.41) is 2.44. The molecule has 2 aromatic heterocycles. The molecule has 33 heavy (non-hydrogen) atoms. The third kappa shape index (κ3) is 3.41. The van der Waals surface area contributed by atoms with Gasteiger partial charge in [-0.3, -0.25) is 0 Å². The van der Waals surface area contributed by atoms with E-state index >= 15 is 0 Å². The van der Waals surface area contributed by atoms with E-state index in [1.54, 1.807) is 0 Å². The van der Waals surface area contributed by atoms with Crippen LogP contribution in [0.4, 0.5) is 5.69 Å². The first-order chi connectivity index (χ1) is 16.3. The summed E-state index contributed by atoms with van der Waals surface area (Å²) in [7, 11) is 0. The van der Waals surface area contributed by atoms with E-state index in [1.165, 1.54) is 45.1 Å². The maximum absolute atomic E-state index is 5.12. The predicted molar refractivity (Wildman–Crippen MR) is 139 cm³/mol. The molecule has 0 spiro atoms. The lowest BCUT2D eigenvalue weighted by molar-refractivity contribution is 0.772. The highest BCUT2D eigenvalue weighted by molar-refractivity contribution is 5.92. The summed E-state index contributed by atoms with van der Waals surface area (Å²) < 4.78 is 0. The van der Waals surface area contributed by atoms with E-state index in [0.29, 0.717) is 0 Å². The Bertz CT molecular complexity index is 1480. The largest absolute Gasteiger partial charge is 0.361 e. The number of H-pyrrole nitrogens is 1. The molecular weight excluding hydrogens is 402 g/mol. The number of fused-ring (bicyclic) bond motifs is 3. The minimum atomic E-state index is 0.115. The van der Waals surface area contributed by atoms with Crippen LogP contribution in [0.2, 0.25) is 0 Å². The van der Waals surface area contributed by atoms with Crippen molar-refractivity contribution in [3.63, 3.8) is 0 Å². The van der Waals surface area contributed by atoms with Gasteiger partial charge in [-0.05, 0) is 41.8 Å². The van der Waals surface area contributed by atoms with Crippen LogP contribution in [0.15, 0.2) is 97.3 Å². The van der Waals surface area contributed by atoms with Gasteiger partial charge in [0.25, 0.3) is 0 Å². The highest BCUT2D eigenvalue weighted by atomic mass is 15.1. The Morgan fingerprint density at radius 3 is 2.61 bits per heavy atom. The summed E-state index contributed by atoms with van der Waals surface area (Å²) in [6.07, 6.45) is 6.85. The maximum atomic E-state index is 5.12. The second-order valence-corrected chi connectivity index (χ2v) is 8.80. The van der Waals surface area contributed by atoms with E-state index in [2.05, 4.69) is 114 Å². The molecule has 5 aromatic rings. The molecule has 0 saturated carbocycles. The number of pyridine rings is 1. The molecule has 3 nitrogen and oxygen atoms in total. The molecule has 0 radical (unpaired) electrons. The lowest BCUT2D eigenvalue weighted by Crippen LogP contribution is -2.25. The van der Waals surface area contributed by atoms with Crippen LogP contribution in [0.3, 0.4) is 0 Å². The predicted octanol–water partition coefficient (Wildman–Crippen LogP) is 7.51. The van der Waals surface area contributed by atoms with Crippen molar-refractivity contribution in [2.75, 3.05) is 11.4 Å². The molecule has 1 N–H and O–H groups in total. The van der Waals surface area contributed by atoms with Crippen molar-refractivity contribution in [1.29, 1.82) is 0 Å². The summed E-state index contributed by atoms with van der Waals surface area (Å²) >= 11 is 0. The standard InChI is InChI=1S/C30H27N3/c1-2-3-18-33-20-25(28-17-16-21-10-4-7-13-26(21)32-28)30(23-12-6-9-15-29(23)33)24-19-31-27-14-8-5-11-22(24)27/h4-17,19-20,30-31H,2-3,18H2,1H3/t30-/m0/s1. The van der Waals surface area contributed by atoms with E-state index < -0.39 is 0 Å². The van der Waals surface area contributed by atoms with Crippen LogP contribution in [0.1, 0.15) is 42.5 Å². The average Bonchev–Trinajstić information content (AvgIpc) is 3.30. The van der Waals surface area contributed by atoms with Crippen molar-refractivity contribution in [2.24, 2.45) is 0 Å². The molecule has 3 heterocycles. The number of rotatable bonds is 5. The maximum Gasteiger partial charge on any atom is 0.0709 e. The van der Waals surface area contributed by atoms with Crippen LogP contribution in [0.5, 0.6) is 0 Å². The number of nitrogens with one attached hydrogen (secondary N) is 1. The highest BCUT2D eigenvalue weighted by Crippen LogP contribution is 2.47. The van der Waals surface area contributed by atoms with Crippen LogP contribution < -0.4 is 4.90 Å². The number of hydrogen-bond donors (Lipinski definition) is 1. The van der Waals surface area contributed by atoms with E-state index in [1.807, 2.05) is 0 Å². The van der Waals surface area contributed by atoms with Crippen molar-refractivity contribution < 1.29 is 0 Å². The van der Waals surface area contributed by atoms with Gasteiger partial charge in [-0.2, -0.15) is 0 Å². The Morgan fingerprint density at radius 2 is 1.67 bits per heavy atom. The molecule has 3 heteroatoms. The van der Waals surface area contributed by atoms with E-state index in [9.17, 15) is 0 Å². The number of aromatic amines is 1. The second kappa shape index (κ2) is 8.25. The Kier molecular flexibility index (Phi) is 4.95. The molecule has 0 saturated heterocycles. The Labute approximate surface area is 194 Å². The molecule has 0 bridgehead atoms. The van der Waals surface area contributed by atoms with Gasteiger partial charge in [0.05, 0.1) is 11.2 Å². The zero-order valence-electron chi connectivity index (χ0n) is 18.8. The summed E-state index contributed by atoms with van der Waals surface area (Å²) in [4.78, 5) is 11.1. The second-order valence-electron chi connectivity index (χ2n) is 8.80. The summed E-state index contributed by atoms with van der Waals surface area (Å²) in [6.45, 7) is 3.26. The van der Waals surface area contributed by atoms with Crippen LogP contribution >= 0.6 is 0 Å². The Hall–Kier alpha value is -3.85. The van der Waals surface area contributed by atoms with Crippen molar-refractivity contribution in [1.82, 2.24) is 9.97 Å². The molecule has 1 atom stereocenters. The topological polar surface area (TPSA) is 31.9 Å². The first-order valence-electron chi connectivity index (χ1n) is 11.8. The first-order valence-corrected chi connectivity index (χ1v) is 11.8. The normalized spacial score (nSPS) is 15.6. The van der Waals surface area contributed by atoms with Crippen LogP contribution in [-0.4, -0.2) is 16.5 Å². The molecule has 3 aromatic carbocycles. The SMILES string of the molecule is CCCCN1C=C(c2ccc3ccccc3n2)[C@H](c2c[nH]c3ccccc23)c2ccccc21. The summed E-state index contributed by atoms with van der Waals surface area (Å²) in [5.41, 5.74) is 8.43. The number of nitrogens with zero attached hydrogens (tertiary/aromatic N) is 2. The van der Waals surface area contributed by atoms with Gasteiger partial charge in [-0.15, -0.1) is 0 Å². The number of benzene rings is 3. The molecule has 0 amide bonds. The van der Waals surface area contributed by atoms with Crippen LogP contribution in [-0.2, 0) is 0 Å². The zero-order chi connectivity index (χ0) is 22.2. The fourth-order valence-electron chi connectivity index (χ4n) is 5.09. The number of anilines is 1. The van der Waals surface area contributed by atoms with Crippen molar-refractivity contribution in [2.45, 2.75) is 25.7 Å². The minimum absolute atomic E-state index is 0.115. The molecule has 162 valence electrons. The highest BCUT2D eigenvalue weighted by Gasteiger charge is 2.31. The Balaban J connectivity index is 1.59. The van der Waals surface area contributed by atoms with Gasteiger partial charge in [0.2, 0.25) is 0 Å². The van der Waals surface area contributed by atoms with E-state index in [0.717, 1.165) is 24.2 Å². The molecule has 0 aliphatic carbocycles. The number of para-hydroxylation sites is 3. The van der Waals surface area contributed by atoms with E-state index in [4.69, 9.17) is 4.98 Å². The Morgan fingerprint density at radius 1 is 0.848 bits per heavy atom. The van der Waals surface area contributed by atoms with Crippen LogP contribution in [0, 0.1) is 0 Å². The fraction of sp³-hybridized carbons (Fsp3) is 0.167. The van der Waals surface area contributed by atoms with Gasteiger partial charge >= 0.3 is 0 Å². The molecule has 1 aliphatic heterocycles. The minimum Gasteiger partial charge on any atom is -0.361 e. The lowest BCUT2D eigenvalue weighted by atomic mass is 9.80. The third-order valence-electron chi connectivity index (χ3n) is 6.74. The summed E-state index contributed by atoms with van der Waals surface area (Å²) in [5.74, 6) is 0.115. The van der Waals surface area contributed by atoms with Crippen LogP contribution in [0.25, 0.3) is 27.4 Å². The zero-order valence-corrected chi connectivity index (χ0v) is 18.8. The molecular formula is C30H27N3. The molecule has 1 aliphatic rings. The van der Waals surface area contributed by atoms with Crippen molar-refractivity contribution in [3.8, 4) is 0 Å². The van der Waals surface area contributed by atoms with Gasteiger partial charge in [0, 0.05) is 52.4 Å². The molecule has 6 rings (SSSR count). The molecule has 0 fully saturated rings. The van der Waals surface area contributed by atoms with Crippen molar-refractivity contribution in [3.05, 3.63) is 114 Å².